The van der Waals surface area contributed by atoms with Crippen LogP contribution in [0.1, 0.15) is 21.5 Å². The van der Waals surface area contributed by atoms with Gasteiger partial charge in [-0.15, -0.1) is 0 Å². The van der Waals surface area contributed by atoms with Crippen molar-refractivity contribution < 1.29 is 23.4 Å². The molecule has 1 aliphatic heterocycles. The summed E-state index contributed by atoms with van der Waals surface area (Å²) < 4.78 is 28.7. The van der Waals surface area contributed by atoms with E-state index in [1.54, 1.807) is 12.1 Å². The number of halogens is 2. The average Bonchev–Trinajstić information content (AvgIpc) is 2.52. The zero-order valence-corrected chi connectivity index (χ0v) is 12.2. The van der Waals surface area contributed by atoms with Gasteiger partial charge in [0.2, 0.25) is 0 Å². The Morgan fingerprint density at radius 1 is 1.27 bits per heavy atom. The fraction of sp³-hybridized carbons (Fsp3) is 0.188. The highest BCUT2D eigenvalue weighted by Crippen LogP contribution is 2.32. The second-order valence-electron chi connectivity index (χ2n) is 4.75. The zero-order valence-electron chi connectivity index (χ0n) is 11.5. The maximum atomic E-state index is 12.8. The lowest BCUT2D eigenvalue weighted by Crippen LogP contribution is -2.14. The van der Waals surface area contributed by atoms with Gasteiger partial charge < -0.3 is 14.2 Å². The Hall–Kier alpha value is -2.11. The molecule has 0 bridgehead atoms. The van der Waals surface area contributed by atoms with E-state index in [0.29, 0.717) is 22.9 Å². The fourth-order valence-electron chi connectivity index (χ4n) is 2.18. The van der Waals surface area contributed by atoms with Gasteiger partial charge in [-0.3, -0.25) is 0 Å². The molecule has 0 atom stereocenters. The number of carbonyl (C=O) groups is 1. The van der Waals surface area contributed by atoms with Crippen LogP contribution in [0.2, 0.25) is 5.02 Å². The van der Waals surface area contributed by atoms with E-state index in [2.05, 4.69) is 0 Å². The summed E-state index contributed by atoms with van der Waals surface area (Å²) in [5.41, 5.74) is 1.76. The quantitative estimate of drug-likeness (QED) is 0.808. The summed E-state index contributed by atoms with van der Waals surface area (Å²) in [7, 11) is 0. The van der Waals surface area contributed by atoms with E-state index in [1.165, 1.54) is 24.3 Å². The van der Waals surface area contributed by atoms with Gasteiger partial charge in [0, 0.05) is 16.1 Å². The van der Waals surface area contributed by atoms with Crippen LogP contribution in [-0.2, 0) is 22.7 Å². The molecule has 0 aromatic heterocycles. The van der Waals surface area contributed by atoms with Gasteiger partial charge in [0.25, 0.3) is 0 Å². The third-order valence-electron chi connectivity index (χ3n) is 3.19. The van der Waals surface area contributed by atoms with Crippen LogP contribution in [0.3, 0.4) is 0 Å². The van der Waals surface area contributed by atoms with Gasteiger partial charge in [-0.05, 0) is 36.4 Å². The maximum Gasteiger partial charge on any atom is 0.338 e. The molecule has 1 heterocycles. The first-order chi connectivity index (χ1) is 10.6. The number of fused-ring (bicyclic) bond motifs is 1. The molecule has 0 amide bonds. The summed E-state index contributed by atoms with van der Waals surface area (Å²) in [5, 5.41) is 0.515. The van der Waals surface area contributed by atoms with Crippen LogP contribution in [0.25, 0.3) is 0 Å². The first kappa shape index (κ1) is 14.8. The highest BCUT2D eigenvalue weighted by atomic mass is 35.5. The molecule has 22 heavy (non-hydrogen) atoms. The van der Waals surface area contributed by atoms with E-state index in [4.69, 9.17) is 25.8 Å². The lowest BCUT2D eigenvalue weighted by Gasteiger charge is -2.21. The number of ether oxygens (including phenoxy) is 3. The predicted molar refractivity (Wildman–Crippen MR) is 77.3 cm³/mol. The second kappa shape index (κ2) is 6.34. The van der Waals surface area contributed by atoms with E-state index in [0.717, 1.165) is 5.56 Å². The summed E-state index contributed by atoms with van der Waals surface area (Å²) in [6.45, 7) is 0.557. The molecule has 0 radical (unpaired) electrons. The van der Waals surface area contributed by atoms with Crippen molar-refractivity contribution in [3.63, 3.8) is 0 Å². The molecule has 2 aromatic carbocycles. The Bertz CT molecular complexity index is 700. The molecule has 0 N–H and O–H groups in total. The standard InChI is InChI=1S/C16H12ClFO4/c17-13-5-11-7-20-9-22-15(11)12(6-13)8-21-16(19)10-1-3-14(18)4-2-10/h1-6H,7-9H2. The molecule has 0 unspecified atom stereocenters. The van der Waals surface area contributed by atoms with Crippen LogP contribution >= 0.6 is 11.6 Å². The van der Waals surface area contributed by atoms with Crippen LogP contribution in [0, 0.1) is 5.82 Å². The highest BCUT2D eigenvalue weighted by molar-refractivity contribution is 6.30. The van der Waals surface area contributed by atoms with E-state index >= 15 is 0 Å². The summed E-state index contributed by atoms with van der Waals surface area (Å²) in [6, 6.07) is 8.59. The van der Waals surface area contributed by atoms with Gasteiger partial charge in [-0.2, -0.15) is 0 Å². The first-order valence-electron chi connectivity index (χ1n) is 6.58. The molecular formula is C16H12ClFO4. The number of hydrogen-bond acceptors (Lipinski definition) is 4. The van der Waals surface area contributed by atoms with Gasteiger partial charge in [-0.1, -0.05) is 11.6 Å². The van der Waals surface area contributed by atoms with Crippen molar-refractivity contribution in [3.05, 3.63) is 63.9 Å². The van der Waals surface area contributed by atoms with Crippen molar-refractivity contribution in [2.45, 2.75) is 13.2 Å². The normalized spacial score (nSPS) is 13.2. The van der Waals surface area contributed by atoms with Crippen LogP contribution in [0.5, 0.6) is 5.75 Å². The minimum absolute atomic E-state index is 0.0130. The lowest BCUT2D eigenvalue weighted by atomic mass is 10.1. The predicted octanol–water partition coefficient (Wildman–Crippen LogP) is 3.70. The highest BCUT2D eigenvalue weighted by Gasteiger charge is 2.18. The minimum atomic E-state index is -0.541. The molecule has 0 spiro atoms. The molecule has 0 saturated carbocycles. The molecule has 114 valence electrons. The van der Waals surface area contributed by atoms with Crippen molar-refractivity contribution in [3.8, 4) is 5.75 Å². The van der Waals surface area contributed by atoms with Crippen molar-refractivity contribution in [2.75, 3.05) is 6.79 Å². The lowest BCUT2D eigenvalue weighted by molar-refractivity contribution is -0.0180. The van der Waals surface area contributed by atoms with Crippen LogP contribution in [-0.4, -0.2) is 12.8 Å². The number of carbonyl (C=O) groups excluding carboxylic acids is 1. The molecule has 2 aromatic rings. The van der Waals surface area contributed by atoms with Crippen LogP contribution in [0.15, 0.2) is 36.4 Å². The van der Waals surface area contributed by atoms with E-state index in [-0.39, 0.29) is 19.0 Å². The summed E-state index contributed by atoms with van der Waals surface area (Å²) in [5.74, 6) is -0.322. The molecule has 4 nitrogen and oxygen atoms in total. The SMILES string of the molecule is O=C(OCc1cc(Cl)cc2c1OCOC2)c1ccc(F)cc1. The Kier molecular flexibility index (Phi) is 4.27. The Morgan fingerprint density at radius 3 is 2.82 bits per heavy atom. The summed E-state index contributed by atoms with van der Waals surface area (Å²) in [4.78, 5) is 11.9. The molecule has 1 aliphatic rings. The molecule has 0 aliphatic carbocycles. The monoisotopic (exact) mass is 322 g/mol. The van der Waals surface area contributed by atoms with E-state index in [1.807, 2.05) is 0 Å². The number of hydrogen-bond donors (Lipinski definition) is 0. The minimum Gasteiger partial charge on any atom is -0.467 e. The van der Waals surface area contributed by atoms with Gasteiger partial charge in [-0.25, -0.2) is 9.18 Å². The van der Waals surface area contributed by atoms with Crippen LogP contribution < -0.4 is 4.74 Å². The summed E-state index contributed by atoms with van der Waals surface area (Å²) in [6.07, 6.45) is 0. The van der Waals surface area contributed by atoms with E-state index in [9.17, 15) is 9.18 Å². The second-order valence-corrected chi connectivity index (χ2v) is 5.18. The topological polar surface area (TPSA) is 44.8 Å². The Labute approximate surface area is 131 Å². The maximum absolute atomic E-state index is 12.8. The number of esters is 1. The van der Waals surface area contributed by atoms with Gasteiger partial charge in [0.1, 0.15) is 18.2 Å². The molecule has 3 rings (SSSR count). The largest absolute Gasteiger partial charge is 0.467 e. The van der Waals surface area contributed by atoms with E-state index < -0.39 is 11.8 Å². The molecule has 0 fully saturated rings. The Morgan fingerprint density at radius 2 is 2.05 bits per heavy atom. The van der Waals surface area contributed by atoms with Gasteiger partial charge >= 0.3 is 5.97 Å². The number of benzene rings is 2. The van der Waals surface area contributed by atoms with Crippen LogP contribution in [0.4, 0.5) is 4.39 Å². The Balaban J connectivity index is 1.75. The smallest absolute Gasteiger partial charge is 0.338 e. The zero-order chi connectivity index (χ0) is 15.5. The fourth-order valence-corrected chi connectivity index (χ4v) is 2.44. The van der Waals surface area contributed by atoms with Gasteiger partial charge in [0.05, 0.1) is 12.2 Å². The van der Waals surface area contributed by atoms with Crippen molar-refractivity contribution >= 4 is 17.6 Å². The summed E-state index contributed by atoms with van der Waals surface area (Å²) >= 11 is 6.04. The molecule has 0 saturated heterocycles. The van der Waals surface area contributed by atoms with Gasteiger partial charge in [0.15, 0.2) is 6.79 Å². The molecule has 6 heteroatoms. The molecular weight excluding hydrogens is 311 g/mol. The van der Waals surface area contributed by atoms with Crippen molar-refractivity contribution in [2.24, 2.45) is 0 Å². The van der Waals surface area contributed by atoms with Crippen molar-refractivity contribution in [1.82, 2.24) is 0 Å². The average molecular weight is 323 g/mol. The van der Waals surface area contributed by atoms with Crippen molar-refractivity contribution in [1.29, 1.82) is 0 Å². The first-order valence-corrected chi connectivity index (χ1v) is 6.96. The number of rotatable bonds is 3. The third-order valence-corrected chi connectivity index (χ3v) is 3.41. The third kappa shape index (κ3) is 3.21.